The number of hydrogen-bond donors (Lipinski definition) is 2. The Morgan fingerprint density at radius 2 is 1.93 bits per heavy atom. The molecule has 4 rings (SSSR count). The second-order valence-electron chi connectivity index (χ2n) is 7.90. The van der Waals surface area contributed by atoms with E-state index in [-0.39, 0.29) is 44.3 Å². The van der Waals surface area contributed by atoms with Gasteiger partial charge >= 0.3 is 6.18 Å². The molecular formula is C19H21F3N4O3. The Bertz CT molecular complexity index is 873. The van der Waals surface area contributed by atoms with E-state index in [1.807, 2.05) is 0 Å². The first-order valence-electron chi connectivity index (χ1n) is 9.44. The summed E-state index contributed by atoms with van der Waals surface area (Å²) in [5.41, 5.74) is 7.66. The Balaban J connectivity index is 1.46. The van der Waals surface area contributed by atoms with Crippen molar-refractivity contribution in [1.29, 1.82) is 0 Å². The molecule has 0 aromatic heterocycles. The number of imide groups is 1. The summed E-state index contributed by atoms with van der Waals surface area (Å²) in [7, 11) is 0. The molecule has 29 heavy (non-hydrogen) atoms. The number of nitrogens with zero attached hydrogens (tertiary/aromatic N) is 2. The van der Waals surface area contributed by atoms with Crippen LogP contribution in [0.15, 0.2) is 18.2 Å². The number of carbonyl (C=O) groups excluding carboxylic acids is 3. The lowest BCUT2D eigenvalue weighted by atomic mass is 10.0. The van der Waals surface area contributed by atoms with Crippen molar-refractivity contribution < 1.29 is 27.6 Å². The van der Waals surface area contributed by atoms with Gasteiger partial charge in [0.25, 0.3) is 5.91 Å². The van der Waals surface area contributed by atoms with E-state index in [9.17, 15) is 27.6 Å². The van der Waals surface area contributed by atoms with Crippen molar-refractivity contribution in [1.82, 2.24) is 15.1 Å². The summed E-state index contributed by atoms with van der Waals surface area (Å²) < 4.78 is 39.1. The van der Waals surface area contributed by atoms with Crippen LogP contribution >= 0.6 is 0 Å². The number of amides is 3. The minimum atomic E-state index is -4.32. The molecule has 2 fully saturated rings. The number of benzene rings is 1. The summed E-state index contributed by atoms with van der Waals surface area (Å²) in [5, 5.41) is 2.25. The molecule has 3 heterocycles. The highest BCUT2D eigenvalue weighted by atomic mass is 19.4. The van der Waals surface area contributed by atoms with Crippen molar-refractivity contribution in [3.8, 4) is 0 Å². The number of piperidine rings is 1. The van der Waals surface area contributed by atoms with E-state index < -0.39 is 30.1 Å². The van der Waals surface area contributed by atoms with Crippen molar-refractivity contribution in [3.05, 3.63) is 34.9 Å². The molecule has 1 unspecified atom stereocenters. The van der Waals surface area contributed by atoms with E-state index in [2.05, 4.69) is 5.32 Å². The van der Waals surface area contributed by atoms with Crippen molar-refractivity contribution in [2.75, 3.05) is 13.1 Å². The molecule has 2 saturated heterocycles. The average Bonchev–Trinajstić information content (AvgIpc) is 3.15. The molecule has 3 amide bonds. The van der Waals surface area contributed by atoms with Crippen molar-refractivity contribution in [2.24, 2.45) is 11.7 Å². The van der Waals surface area contributed by atoms with Gasteiger partial charge in [-0.1, -0.05) is 12.1 Å². The van der Waals surface area contributed by atoms with E-state index in [4.69, 9.17) is 5.73 Å². The minimum Gasteiger partial charge on any atom is -0.326 e. The summed E-state index contributed by atoms with van der Waals surface area (Å²) in [5.74, 6) is -2.64. The van der Waals surface area contributed by atoms with Crippen LogP contribution in [0.5, 0.6) is 0 Å². The Labute approximate surface area is 165 Å². The fourth-order valence-corrected chi connectivity index (χ4v) is 4.37. The maximum atomic E-state index is 13.0. The molecule has 0 spiro atoms. The molecule has 1 aromatic carbocycles. The molecule has 156 valence electrons. The molecule has 3 aliphatic heterocycles. The van der Waals surface area contributed by atoms with Crippen LogP contribution < -0.4 is 11.1 Å². The highest BCUT2D eigenvalue weighted by molar-refractivity contribution is 6.05. The number of fused-ring (bicyclic) bond motifs is 1. The fourth-order valence-electron chi connectivity index (χ4n) is 4.37. The van der Waals surface area contributed by atoms with Crippen molar-refractivity contribution in [3.63, 3.8) is 0 Å². The summed E-state index contributed by atoms with van der Waals surface area (Å²) in [6, 6.07) is 3.52. The van der Waals surface area contributed by atoms with Gasteiger partial charge in [-0.3, -0.25) is 24.6 Å². The summed E-state index contributed by atoms with van der Waals surface area (Å²) in [6.45, 7) is 0.546. The largest absolute Gasteiger partial charge is 0.394 e. The number of alkyl halides is 3. The number of likely N-dealkylation sites (tertiary alicyclic amines) is 1. The number of rotatable bonds is 3. The van der Waals surface area contributed by atoms with Crippen LogP contribution in [0.1, 0.15) is 34.3 Å². The predicted molar refractivity (Wildman–Crippen MR) is 95.3 cm³/mol. The van der Waals surface area contributed by atoms with Gasteiger partial charge in [0.2, 0.25) is 11.8 Å². The van der Waals surface area contributed by atoms with Gasteiger partial charge in [-0.05, 0) is 23.6 Å². The molecule has 3 aliphatic rings. The van der Waals surface area contributed by atoms with E-state index >= 15 is 0 Å². The quantitative estimate of drug-likeness (QED) is 0.718. The lowest BCUT2D eigenvalue weighted by molar-refractivity contribution is -0.173. The normalized spacial score (nSPS) is 28.1. The third-order valence-corrected chi connectivity index (χ3v) is 5.86. The standard InChI is InChI=1S/C19H21F3N4O3/c20-19(21,22)13-8-25(9-14(13)23)6-10-1-2-12-11(5-10)7-26(18(12)29)15-3-4-16(27)24-17(15)28/h1-2,5,13-15H,3-4,6-9,23H2,(H,24,27,28)/t13-,14-,15?/m1/s1. The highest BCUT2D eigenvalue weighted by Gasteiger charge is 2.48. The molecule has 0 bridgehead atoms. The Morgan fingerprint density at radius 3 is 2.59 bits per heavy atom. The smallest absolute Gasteiger partial charge is 0.326 e. The van der Waals surface area contributed by atoms with Gasteiger partial charge in [0.05, 0.1) is 5.92 Å². The van der Waals surface area contributed by atoms with Crippen molar-refractivity contribution in [2.45, 2.75) is 44.2 Å². The zero-order chi connectivity index (χ0) is 20.9. The molecule has 3 atom stereocenters. The molecule has 0 aliphatic carbocycles. The second kappa shape index (κ2) is 7.10. The summed E-state index contributed by atoms with van der Waals surface area (Å²) in [6.07, 6.45) is -3.86. The summed E-state index contributed by atoms with van der Waals surface area (Å²) >= 11 is 0. The van der Waals surface area contributed by atoms with Crippen LogP contribution in [0.2, 0.25) is 0 Å². The number of halogens is 3. The Kier molecular flexibility index (Phi) is 4.86. The molecule has 1 aromatic rings. The van der Waals surface area contributed by atoms with E-state index in [1.54, 1.807) is 23.1 Å². The van der Waals surface area contributed by atoms with Gasteiger partial charge in [-0.15, -0.1) is 0 Å². The fraction of sp³-hybridized carbons (Fsp3) is 0.526. The van der Waals surface area contributed by atoms with E-state index in [0.717, 1.165) is 11.1 Å². The van der Waals surface area contributed by atoms with Crippen LogP contribution in [0, 0.1) is 5.92 Å². The van der Waals surface area contributed by atoms with Crippen molar-refractivity contribution >= 4 is 17.7 Å². The first kappa shape index (κ1) is 19.8. The molecule has 10 heteroatoms. The number of carbonyl (C=O) groups is 3. The van der Waals surface area contributed by atoms with Gasteiger partial charge in [0.15, 0.2) is 0 Å². The van der Waals surface area contributed by atoms with Crippen LogP contribution in [0.25, 0.3) is 0 Å². The van der Waals surface area contributed by atoms with E-state index in [0.29, 0.717) is 12.1 Å². The second-order valence-corrected chi connectivity index (χ2v) is 7.90. The predicted octanol–water partition coefficient (Wildman–Crippen LogP) is 0.769. The monoisotopic (exact) mass is 410 g/mol. The maximum absolute atomic E-state index is 13.0. The van der Waals surface area contributed by atoms with E-state index in [1.165, 1.54) is 4.90 Å². The van der Waals surface area contributed by atoms with Crippen LogP contribution in [-0.4, -0.2) is 58.9 Å². The van der Waals surface area contributed by atoms with Gasteiger partial charge in [-0.2, -0.15) is 13.2 Å². The summed E-state index contributed by atoms with van der Waals surface area (Å²) in [4.78, 5) is 39.2. The number of hydrogen-bond acceptors (Lipinski definition) is 5. The highest BCUT2D eigenvalue weighted by Crippen LogP contribution is 2.34. The molecule has 7 nitrogen and oxygen atoms in total. The zero-order valence-corrected chi connectivity index (χ0v) is 15.5. The number of nitrogens with one attached hydrogen (secondary N) is 1. The third-order valence-electron chi connectivity index (χ3n) is 5.86. The molecule has 3 N–H and O–H groups in total. The Hall–Kier alpha value is -2.46. The van der Waals surface area contributed by atoms with Gasteiger partial charge < -0.3 is 10.6 Å². The Morgan fingerprint density at radius 1 is 1.17 bits per heavy atom. The molecular weight excluding hydrogens is 389 g/mol. The van der Waals surface area contributed by atoms with Crippen LogP contribution in [0.4, 0.5) is 13.2 Å². The van der Waals surface area contributed by atoms with Gasteiger partial charge in [0.1, 0.15) is 6.04 Å². The number of nitrogens with two attached hydrogens (primary N) is 1. The SMILES string of the molecule is N[C@@H]1CN(Cc2ccc3c(c2)CN(C2CCC(=O)NC2=O)C3=O)C[C@H]1C(F)(F)F. The average molecular weight is 410 g/mol. The topological polar surface area (TPSA) is 95.7 Å². The minimum absolute atomic E-state index is 0.150. The third kappa shape index (κ3) is 3.74. The van der Waals surface area contributed by atoms with Crippen LogP contribution in [0.3, 0.4) is 0 Å². The maximum Gasteiger partial charge on any atom is 0.394 e. The lowest BCUT2D eigenvalue weighted by Gasteiger charge is -2.29. The lowest BCUT2D eigenvalue weighted by Crippen LogP contribution is -2.52. The first-order chi connectivity index (χ1) is 13.6. The van der Waals surface area contributed by atoms with Crippen LogP contribution in [-0.2, 0) is 22.7 Å². The van der Waals surface area contributed by atoms with Gasteiger partial charge in [0, 0.05) is 44.2 Å². The van der Waals surface area contributed by atoms with Gasteiger partial charge in [-0.25, -0.2) is 0 Å². The molecule has 0 saturated carbocycles. The zero-order valence-electron chi connectivity index (χ0n) is 15.5. The first-order valence-corrected chi connectivity index (χ1v) is 9.44. The molecule has 0 radical (unpaired) electrons.